The Morgan fingerprint density at radius 1 is 1.21 bits per heavy atom. The second-order valence-electron chi connectivity index (χ2n) is 5.31. The maximum absolute atomic E-state index is 13.2. The van der Waals surface area contributed by atoms with E-state index in [2.05, 4.69) is 9.97 Å². The first kappa shape index (κ1) is 17.8. The van der Waals surface area contributed by atoms with Crippen LogP contribution in [0.4, 0.5) is 24.7 Å². The molecule has 1 aromatic carbocycles. The highest BCUT2D eigenvalue weighted by molar-refractivity contribution is 5.64. The minimum atomic E-state index is -4.58. The highest BCUT2D eigenvalue weighted by Gasteiger charge is 2.36. The Morgan fingerprint density at radius 2 is 1.92 bits per heavy atom. The normalized spacial score (nSPS) is 11.5. The summed E-state index contributed by atoms with van der Waals surface area (Å²) in [4.78, 5) is 8.73. The summed E-state index contributed by atoms with van der Waals surface area (Å²) >= 11 is 0. The van der Waals surface area contributed by atoms with Crippen LogP contribution in [0.25, 0.3) is 0 Å². The van der Waals surface area contributed by atoms with Crippen LogP contribution in [-0.2, 0) is 6.18 Å². The van der Waals surface area contributed by atoms with E-state index in [-0.39, 0.29) is 17.9 Å². The first-order chi connectivity index (χ1) is 11.2. The molecule has 130 valence electrons. The quantitative estimate of drug-likeness (QED) is 0.821. The minimum absolute atomic E-state index is 0.0459. The van der Waals surface area contributed by atoms with Gasteiger partial charge in [0.15, 0.2) is 5.82 Å². The van der Waals surface area contributed by atoms with Crippen LogP contribution < -0.4 is 14.4 Å². The van der Waals surface area contributed by atoms with Gasteiger partial charge >= 0.3 is 12.2 Å². The number of methoxy groups -OCH3 is 1. The van der Waals surface area contributed by atoms with E-state index in [9.17, 15) is 13.2 Å². The number of aromatic nitrogens is 2. The fourth-order valence-corrected chi connectivity index (χ4v) is 2.07. The van der Waals surface area contributed by atoms with Gasteiger partial charge in [-0.2, -0.15) is 18.2 Å². The molecular formula is C16H18F3N3O2. The zero-order valence-corrected chi connectivity index (χ0v) is 13.8. The minimum Gasteiger partial charge on any atom is -0.491 e. The van der Waals surface area contributed by atoms with Crippen LogP contribution in [0.15, 0.2) is 30.5 Å². The number of rotatable bonds is 5. The van der Waals surface area contributed by atoms with E-state index in [4.69, 9.17) is 9.47 Å². The highest BCUT2D eigenvalue weighted by Crippen LogP contribution is 2.38. The summed E-state index contributed by atoms with van der Waals surface area (Å²) in [6.07, 6.45) is -3.91. The lowest BCUT2D eigenvalue weighted by atomic mass is 10.2. The highest BCUT2D eigenvalue weighted by atomic mass is 19.4. The number of nitrogens with zero attached hydrogens (tertiary/aromatic N) is 3. The zero-order chi connectivity index (χ0) is 17.9. The first-order valence-corrected chi connectivity index (χ1v) is 7.21. The average molecular weight is 341 g/mol. The molecule has 0 atom stereocenters. The molecule has 0 spiro atoms. The Hall–Kier alpha value is -2.51. The Morgan fingerprint density at radius 3 is 2.50 bits per heavy atom. The van der Waals surface area contributed by atoms with Crippen molar-refractivity contribution in [1.82, 2.24) is 9.97 Å². The van der Waals surface area contributed by atoms with Crippen LogP contribution in [0.2, 0.25) is 0 Å². The fourth-order valence-electron chi connectivity index (χ4n) is 2.07. The smallest absolute Gasteiger partial charge is 0.421 e. The summed E-state index contributed by atoms with van der Waals surface area (Å²) in [6, 6.07) is 6.62. The van der Waals surface area contributed by atoms with E-state index in [0.717, 1.165) is 0 Å². The second kappa shape index (κ2) is 6.94. The number of halogens is 3. The van der Waals surface area contributed by atoms with Crippen molar-refractivity contribution < 1.29 is 22.6 Å². The van der Waals surface area contributed by atoms with Crippen LogP contribution in [0.1, 0.15) is 19.4 Å². The number of benzene rings is 1. The Labute approximate surface area is 138 Å². The number of hydrogen-bond donors (Lipinski definition) is 0. The molecule has 0 aliphatic carbocycles. The molecule has 1 heterocycles. The Kier molecular flexibility index (Phi) is 5.16. The van der Waals surface area contributed by atoms with E-state index < -0.39 is 11.7 Å². The number of ether oxygens (including phenoxy) is 2. The molecule has 5 nitrogen and oxygen atoms in total. The van der Waals surface area contributed by atoms with E-state index in [1.54, 1.807) is 24.3 Å². The molecule has 0 amide bonds. The zero-order valence-electron chi connectivity index (χ0n) is 13.8. The Bertz CT molecular complexity index is 705. The van der Waals surface area contributed by atoms with E-state index >= 15 is 0 Å². The standard InChI is InChI=1S/C16H18F3N3O2/c1-10(2)24-12-7-5-6-11(8-12)22(3)14-13(16(17,18)19)9-20-15(21-14)23-4/h5-10H,1-4H3. The van der Waals surface area contributed by atoms with Crippen molar-refractivity contribution >= 4 is 11.5 Å². The number of anilines is 2. The number of alkyl halides is 3. The van der Waals surface area contributed by atoms with E-state index in [0.29, 0.717) is 17.6 Å². The summed E-state index contributed by atoms with van der Waals surface area (Å²) < 4.78 is 50.1. The third-order valence-electron chi connectivity index (χ3n) is 3.13. The van der Waals surface area contributed by atoms with E-state index in [1.807, 2.05) is 13.8 Å². The maximum atomic E-state index is 13.2. The van der Waals surface area contributed by atoms with Crippen molar-refractivity contribution in [2.75, 3.05) is 19.1 Å². The fraction of sp³-hybridized carbons (Fsp3) is 0.375. The molecule has 0 unspecified atom stereocenters. The molecule has 24 heavy (non-hydrogen) atoms. The van der Waals surface area contributed by atoms with Gasteiger partial charge in [0.1, 0.15) is 11.3 Å². The summed E-state index contributed by atoms with van der Waals surface area (Å²) in [5, 5.41) is 0. The molecule has 0 fully saturated rings. The molecule has 0 bridgehead atoms. The third-order valence-corrected chi connectivity index (χ3v) is 3.13. The largest absolute Gasteiger partial charge is 0.491 e. The summed E-state index contributed by atoms with van der Waals surface area (Å²) in [5.41, 5.74) is -0.444. The van der Waals surface area contributed by atoms with Crippen LogP contribution in [0, 0.1) is 0 Å². The van der Waals surface area contributed by atoms with Gasteiger partial charge in [-0.05, 0) is 26.0 Å². The van der Waals surface area contributed by atoms with Crippen molar-refractivity contribution in [1.29, 1.82) is 0 Å². The molecule has 0 N–H and O–H groups in total. The van der Waals surface area contributed by atoms with Gasteiger partial charge in [-0.15, -0.1) is 0 Å². The lowest BCUT2D eigenvalue weighted by Gasteiger charge is -2.23. The summed E-state index contributed by atoms with van der Waals surface area (Å²) in [6.45, 7) is 3.74. The van der Waals surface area contributed by atoms with Gasteiger partial charge in [-0.3, -0.25) is 0 Å². The monoisotopic (exact) mass is 341 g/mol. The molecule has 0 aliphatic heterocycles. The molecule has 0 radical (unpaired) electrons. The van der Waals surface area contributed by atoms with Crippen molar-refractivity contribution in [2.24, 2.45) is 0 Å². The van der Waals surface area contributed by atoms with Gasteiger partial charge in [0, 0.05) is 25.0 Å². The first-order valence-electron chi connectivity index (χ1n) is 7.21. The molecule has 1 aromatic heterocycles. The molecule has 8 heteroatoms. The van der Waals surface area contributed by atoms with Crippen LogP contribution in [-0.4, -0.2) is 30.2 Å². The molecule has 2 aromatic rings. The predicted molar refractivity (Wildman–Crippen MR) is 83.9 cm³/mol. The molecule has 2 rings (SSSR count). The van der Waals surface area contributed by atoms with Gasteiger partial charge in [0.05, 0.1) is 13.2 Å². The van der Waals surface area contributed by atoms with Crippen molar-refractivity contribution in [3.05, 3.63) is 36.0 Å². The van der Waals surface area contributed by atoms with Gasteiger partial charge in [-0.25, -0.2) is 4.98 Å². The molecular weight excluding hydrogens is 323 g/mol. The number of hydrogen-bond acceptors (Lipinski definition) is 5. The van der Waals surface area contributed by atoms with Gasteiger partial charge in [-0.1, -0.05) is 6.07 Å². The third kappa shape index (κ3) is 4.06. The lowest BCUT2D eigenvalue weighted by Crippen LogP contribution is -2.19. The van der Waals surface area contributed by atoms with Crippen molar-refractivity contribution in [2.45, 2.75) is 26.1 Å². The van der Waals surface area contributed by atoms with Gasteiger partial charge in [0.2, 0.25) is 0 Å². The van der Waals surface area contributed by atoms with Crippen LogP contribution in [0.3, 0.4) is 0 Å². The van der Waals surface area contributed by atoms with Gasteiger partial charge < -0.3 is 14.4 Å². The van der Waals surface area contributed by atoms with Crippen molar-refractivity contribution in [3.8, 4) is 11.8 Å². The Balaban J connectivity index is 2.47. The predicted octanol–water partition coefficient (Wildman–Crippen LogP) is 4.06. The molecule has 0 saturated heterocycles. The van der Waals surface area contributed by atoms with Gasteiger partial charge in [0.25, 0.3) is 0 Å². The summed E-state index contributed by atoms with van der Waals surface area (Å²) in [7, 11) is 2.79. The van der Waals surface area contributed by atoms with Crippen LogP contribution >= 0.6 is 0 Å². The van der Waals surface area contributed by atoms with Crippen molar-refractivity contribution in [3.63, 3.8) is 0 Å². The van der Waals surface area contributed by atoms with Crippen LogP contribution in [0.5, 0.6) is 11.8 Å². The SMILES string of the molecule is COc1ncc(C(F)(F)F)c(N(C)c2cccc(OC(C)C)c2)n1. The molecule has 0 aliphatic rings. The lowest BCUT2D eigenvalue weighted by molar-refractivity contribution is -0.137. The topological polar surface area (TPSA) is 47.5 Å². The summed E-state index contributed by atoms with van der Waals surface area (Å²) in [5.74, 6) is 0.264. The molecule has 0 saturated carbocycles. The van der Waals surface area contributed by atoms with E-state index in [1.165, 1.54) is 19.1 Å². The average Bonchev–Trinajstić information content (AvgIpc) is 2.52. The second-order valence-corrected chi connectivity index (χ2v) is 5.31. The maximum Gasteiger partial charge on any atom is 0.421 e.